The third-order valence-corrected chi connectivity index (χ3v) is 3.96. The third-order valence-electron chi connectivity index (χ3n) is 3.96. The van der Waals surface area contributed by atoms with Crippen LogP contribution in [0, 0.1) is 6.92 Å². The van der Waals surface area contributed by atoms with E-state index in [9.17, 15) is 4.79 Å². The Morgan fingerprint density at radius 1 is 1.17 bits per heavy atom. The van der Waals surface area contributed by atoms with Gasteiger partial charge in [-0.15, -0.1) is 0 Å². The molecule has 0 aliphatic carbocycles. The average molecular weight is 316 g/mol. The molecule has 0 amide bonds. The number of hydrogen-bond acceptors (Lipinski definition) is 6. The van der Waals surface area contributed by atoms with Gasteiger partial charge in [0.25, 0.3) is 0 Å². The van der Waals surface area contributed by atoms with Gasteiger partial charge in [0.1, 0.15) is 0 Å². The summed E-state index contributed by atoms with van der Waals surface area (Å²) in [5.74, 6) is -0.0889. The van der Waals surface area contributed by atoms with E-state index in [1.807, 2.05) is 36.1 Å². The number of carboxylic acid groups (broad SMARTS) is 1. The van der Waals surface area contributed by atoms with E-state index in [0.717, 1.165) is 25.2 Å². The van der Waals surface area contributed by atoms with Crippen molar-refractivity contribution >= 4 is 11.9 Å². The van der Waals surface area contributed by atoms with Crippen molar-refractivity contribution in [2.75, 3.05) is 37.6 Å². The lowest BCUT2D eigenvalue weighted by molar-refractivity contribution is -0.138. The molecule has 1 aliphatic rings. The summed E-state index contributed by atoms with van der Waals surface area (Å²) in [6.45, 7) is 5.09. The molecule has 0 unspecified atom stereocenters. The minimum absolute atomic E-state index is 0.0801. The molecule has 0 saturated carbocycles. The molecular weight excluding hydrogens is 296 g/mol. The van der Waals surface area contributed by atoms with E-state index < -0.39 is 5.97 Å². The van der Waals surface area contributed by atoms with Crippen LogP contribution >= 0.6 is 0 Å². The highest BCUT2D eigenvalue weighted by Gasteiger charge is 2.21. The summed E-state index contributed by atoms with van der Waals surface area (Å²) in [6, 6.07) is 8.03. The van der Waals surface area contributed by atoms with Crippen LogP contribution in [0.3, 0.4) is 0 Å². The number of carbonyl (C=O) groups is 1. The summed E-state index contributed by atoms with van der Waals surface area (Å²) >= 11 is 0. The number of nitrogens with zero attached hydrogens (tertiary/aromatic N) is 6. The van der Waals surface area contributed by atoms with Crippen molar-refractivity contribution in [3.05, 3.63) is 29.8 Å². The first kappa shape index (κ1) is 15.4. The fraction of sp³-hybridized carbons (Fsp3) is 0.467. The molecule has 1 saturated heterocycles. The summed E-state index contributed by atoms with van der Waals surface area (Å²) in [7, 11) is 0. The minimum Gasteiger partial charge on any atom is -0.480 e. The molecular formula is C15H20N6O2. The maximum absolute atomic E-state index is 10.9. The van der Waals surface area contributed by atoms with E-state index in [-0.39, 0.29) is 6.54 Å². The Morgan fingerprint density at radius 3 is 2.70 bits per heavy atom. The number of tetrazole rings is 1. The van der Waals surface area contributed by atoms with Crippen molar-refractivity contribution in [1.29, 1.82) is 0 Å². The van der Waals surface area contributed by atoms with E-state index in [4.69, 9.17) is 5.11 Å². The number of aromatic nitrogens is 4. The molecule has 1 aliphatic heterocycles. The molecule has 1 N–H and O–H groups in total. The first-order valence-electron chi connectivity index (χ1n) is 7.68. The lowest BCUT2D eigenvalue weighted by atomic mass is 10.2. The molecule has 1 fully saturated rings. The second-order valence-corrected chi connectivity index (χ2v) is 5.74. The summed E-state index contributed by atoms with van der Waals surface area (Å²) in [4.78, 5) is 14.9. The predicted octanol–water partition coefficient (Wildman–Crippen LogP) is 0.567. The number of rotatable bonds is 4. The minimum atomic E-state index is -0.789. The van der Waals surface area contributed by atoms with Crippen LogP contribution in [0.25, 0.3) is 5.69 Å². The molecule has 2 aromatic rings. The van der Waals surface area contributed by atoms with Crippen LogP contribution in [0.5, 0.6) is 0 Å². The molecule has 3 rings (SSSR count). The number of anilines is 1. The van der Waals surface area contributed by atoms with Gasteiger partial charge in [0.05, 0.1) is 12.2 Å². The number of aryl methyl sites for hydroxylation is 1. The Balaban J connectivity index is 1.76. The zero-order chi connectivity index (χ0) is 16.2. The van der Waals surface area contributed by atoms with Crippen LogP contribution in [-0.2, 0) is 4.79 Å². The third kappa shape index (κ3) is 3.65. The summed E-state index contributed by atoms with van der Waals surface area (Å²) in [5, 5.41) is 21.0. The van der Waals surface area contributed by atoms with E-state index in [1.54, 1.807) is 4.68 Å². The summed E-state index contributed by atoms with van der Waals surface area (Å²) < 4.78 is 1.73. The van der Waals surface area contributed by atoms with Gasteiger partial charge in [0.15, 0.2) is 0 Å². The van der Waals surface area contributed by atoms with Gasteiger partial charge in [-0.25, -0.2) is 0 Å². The Labute approximate surface area is 134 Å². The van der Waals surface area contributed by atoms with Crippen molar-refractivity contribution in [3.8, 4) is 5.69 Å². The standard InChI is InChI=1S/C15H20N6O2/c1-12-3-5-13(6-4-12)21-15(16-17-18-21)20-8-2-7-19(9-10-20)11-14(22)23/h3-6H,2,7-11H2,1H3,(H,22,23). The highest BCUT2D eigenvalue weighted by molar-refractivity contribution is 5.69. The number of benzene rings is 1. The number of carboxylic acids is 1. The Bertz CT molecular complexity index is 669. The fourth-order valence-electron chi connectivity index (χ4n) is 2.75. The van der Waals surface area contributed by atoms with Crippen LogP contribution in [0.15, 0.2) is 24.3 Å². The lowest BCUT2D eigenvalue weighted by Gasteiger charge is -2.21. The Morgan fingerprint density at radius 2 is 1.96 bits per heavy atom. The average Bonchev–Trinajstić information content (AvgIpc) is 2.89. The largest absolute Gasteiger partial charge is 0.480 e. The Kier molecular flexibility index (Phi) is 4.52. The molecule has 0 bridgehead atoms. The van der Waals surface area contributed by atoms with E-state index in [0.29, 0.717) is 19.0 Å². The van der Waals surface area contributed by atoms with Gasteiger partial charge >= 0.3 is 5.97 Å². The molecule has 0 radical (unpaired) electrons. The van der Waals surface area contributed by atoms with E-state index >= 15 is 0 Å². The number of hydrogen-bond donors (Lipinski definition) is 1. The molecule has 122 valence electrons. The quantitative estimate of drug-likeness (QED) is 0.882. The molecule has 1 aromatic heterocycles. The predicted molar refractivity (Wildman–Crippen MR) is 84.8 cm³/mol. The van der Waals surface area contributed by atoms with Crippen molar-refractivity contribution < 1.29 is 9.90 Å². The van der Waals surface area contributed by atoms with Crippen LogP contribution in [0.4, 0.5) is 5.95 Å². The van der Waals surface area contributed by atoms with Crippen molar-refractivity contribution in [3.63, 3.8) is 0 Å². The second kappa shape index (κ2) is 6.74. The van der Waals surface area contributed by atoms with Gasteiger partial charge in [-0.05, 0) is 35.9 Å². The van der Waals surface area contributed by atoms with Gasteiger partial charge in [-0.2, -0.15) is 4.68 Å². The van der Waals surface area contributed by atoms with Gasteiger partial charge in [-0.3, -0.25) is 9.69 Å². The summed E-state index contributed by atoms with van der Waals surface area (Å²) in [5.41, 5.74) is 2.10. The van der Waals surface area contributed by atoms with Gasteiger partial charge in [-0.1, -0.05) is 22.8 Å². The van der Waals surface area contributed by atoms with E-state index in [2.05, 4.69) is 20.4 Å². The maximum atomic E-state index is 10.9. The normalized spacial score (nSPS) is 16.3. The monoisotopic (exact) mass is 316 g/mol. The Hall–Kier alpha value is -2.48. The van der Waals surface area contributed by atoms with Gasteiger partial charge < -0.3 is 10.0 Å². The zero-order valence-corrected chi connectivity index (χ0v) is 13.1. The smallest absolute Gasteiger partial charge is 0.317 e. The molecule has 8 heteroatoms. The second-order valence-electron chi connectivity index (χ2n) is 5.74. The molecule has 2 heterocycles. The SMILES string of the molecule is Cc1ccc(-n2nnnc2N2CCCN(CC(=O)O)CC2)cc1. The molecule has 8 nitrogen and oxygen atoms in total. The summed E-state index contributed by atoms with van der Waals surface area (Å²) in [6.07, 6.45) is 0.883. The molecule has 23 heavy (non-hydrogen) atoms. The van der Waals surface area contributed by atoms with Crippen LogP contribution in [0.1, 0.15) is 12.0 Å². The van der Waals surface area contributed by atoms with Crippen LogP contribution in [-0.4, -0.2) is 68.9 Å². The lowest BCUT2D eigenvalue weighted by Crippen LogP contribution is -2.34. The zero-order valence-electron chi connectivity index (χ0n) is 13.1. The highest BCUT2D eigenvalue weighted by atomic mass is 16.4. The maximum Gasteiger partial charge on any atom is 0.317 e. The molecule has 1 aromatic carbocycles. The topological polar surface area (TPSA) is 87.4 Å². The highest BCUT2D eigenvalue weighted by Crippen LogP contribution is 2.17. The van der Waals surface area contributed by atoms with Crippen molar-refractivity contribution in [2.24, 2.45) is 0 Å². The first-order valence-corrected chi connectivity index (χ1v) is 7.68. The molecule has 0 atom stereocenters. The molecule has 0 spiro atoms. The first-order chi connectivity index (χ1) is 11.1. The van der Waals surface area contributed by atoms with Crippen molar-refractivity contribution in [1.82, 2.24) is 25.1 Å². The van der Waals surface area contributed by atoms with E-state index in [1.165, 1.54) is 5.56 Å². The van der Waals surface area contributed by atoms with Crippen molar-refractivity contribution in [2.45, 2.75) is 13.3 Å². The fourth-order valence-corrected chi connectivity index (χ4v) is 2.75. The van der Waals surface area contributed by atoms with Gasteiger partial charge in [0.2, 0.25) is 5.95 Å². The van der Waals surface area contributed by atoms with Crippen LogP contribution in [0.2, 0.25) is 0 Å². The van der Waals surface area contributed by atoms with Gasteiger partial charge in [0, 0.05) is 26.2 Å². The van der Waals surface area contributed by atoms with Crippen LogP contribution < -0.4 is 4.90 Å². The number of aliphatic carboxylic acids is 1.